The molecule has 2 N–H and O–H groups in total. The maximum atomic E-state index is 13.8. The smallest absolute Gasteiger partial charge is 0.243 e. The molecule has 2 aromatic carbocycles. The van der Waals surface area contributed by atoms with Gasteiger partial charge in [0.2, 0.25) is 16.0 Å². The number of fused-ring (bicyclic) bond motifs is 1. The molecule has 2 aliphatic rings. The Morgan fingerprint density at radius 3 is 2.58 bits per heavy atom. The van der Waals surface area contributed by atoms with Crippen LogP contribution in [0.1, 0.15) is 32.6 Å². The molecule has 2 saturated heterocycles. The Kier molecular flexibility index (Phi) is 7.07. The van der Waals surface area contributed by atoms with E-state index in [1.165, 1.54) is 16.4 Å². The summed E-state index contributed by atoms with van der Waals surface area (Å²) in [6.07, 6.45) is 6.56. The van der Waals surface area contributed by atoms with Crippen LogP contribution in [0.25, 0.3) is 16.7 Å². The number of hydrogen-bond acceptors (Lipinski definition) is 7. The van der Waals surface area contributed by atoms with Crippen molar-refractivity contribution in [3.8, 4) is 5.82 Å². The molecule has 0 radical (unpaired) electrons. The average molecular weight is 565 g/mol. The summed E-state index contributed by atoms with van der Waals surface area (Å²) >= 11 is 0. The van der Waals surface area contributed by atoms with Gasteiger partial charge >= 0.3 is 0 Å². The summed E-state index contributed by atoms with van der Waals surface area (Å²) in [4.78, 5) is 11.3. The summed E-state index contributed by atoms with van der Waals surface area (Å²) in [7, 11) is -3.68. The van der Waals surface area contributed by atoms with Crippen LogP contribution >= 0.6 is 0 Å². The molecule has 2 aliphatic heterocycles. The lowest BCUT2D eigenvalue weighted by Gasteiger charge is -2.40. The highest BCUT2D eigenvalue weighted by Gasteiger charge is 2.39. The van der Waals surface area contributed by atoms with E-state index in [4.69, 9.17) is 0 Å². The second kappa shape index (κ2) is 10.5. The molecule has 0 unspecified atom stereocenters. The van der Waals surface area contributed by atoms with Crippen molar-refractivity contribution in [3.63, 3.8) is 0 Å². The molecule has 0 saturated carbocycles. The molecular weight excluding hydrogens is 531 g/mol. The fourth-order valence-electron chi connectivity index (χ4n) is 5.74. The van der Waals surface area contributed by atoms with Crippen molar-refractivity contribution >= 4 is 32.6 Å². The van der Waals surface area contributed by atoms with Gasteiger partial charge in [0.25, 0.3) is 0 Å². The molecule has 40 heavy (non-hydrogen) atoms. The third kappa shape index (κ3) is 5.34. The molecule has 9 nitrogen and oxygen atoms in total. The molecule has 2 aromatic heterocycles. The minimum atomic E-state index is -3.68. The highest BCUT2D eigenvalue weighted by molar-refractivity contribution is 7.89. The minimum Gasteiger partial charge on any atom is -0.388 e. The Bertz CT molecular complexity index is 1620. The quantitative estimate of drug-likeness (QED) is 0.345. The molecule has 4 heterocycles. The van der Waals surface area contributed by atoms with E-state index >= 15 is 0 Å². The van der Waals surface area contributed by atoms with Gasteiger partial charge in [0.05, 0.1) is 16.0 Å². The molecule has 0 bridgehead atoms. The number of nitrogens with one attached hydrogen (secondary N) is 1. The molecular formula is C29H33FN6O3S. The van der Waals surface area contributed by atoms with Crippen LogP contribution in [0.4, 0.5) is 16.0 Å². The van der Waals surface area contributed by atoms with Crippen molar-refractivity contribution in [2.45, 2.75) is 49.1 Å². The third-order valence-corrected chi connectivity index (χ3v) is 10.0. The van der Waals surface area contributed by atoms with Crippen LogP contribution < -0.4 is 5.32 Å². The first-order valence-corrected chi connectivity index (χ1v) is 15.1. The molecule has 11 heteroatoms. The largest absolute Gasteiger partial charge is 0.388 e. The standard InChI is InChI=1S/C29H33FN6O3S/c1-21-3-2-15-34(21)20-29(37)12-17-35(18-13-29)40(38,39)25-8-6-24(7-9-25)32-28-31-14-10-27(33-28)36-16-11-22-4-5-23(30)19-26(22)36/h4-11,14,16,19,21,37H,2-3,12-13,15,17-18,20H2,1H3,(H,31,32,33)/t21-/m1/s1. The van der Waals surface area contributed by atoms with Crippen LogP contribution in [-0.2, 0) is 10.0 Å². The van der Waals surface area contributed by atoms with Gasteiger partial charge in [-0.25, -0.2) is 17.8 Å². The van der Waals surface area contributed by atoms with E-state index in [9.17, 15) is 17.9 Å². The van der Waals surface area contributed by atoms with Crippen molar-refractivity contribution in [2.75, 3.05) is 31.5 Å². The molecule has 210 valence electrons. The molecule has 0 amide bonds. The zero-order valence-electron chi connectivity index (χ0n) is 22.4. The van der Waals surface area contributed by atoms with Crippen LogP contribution in [-0.4, -0.2) is 75.1 Å². The number of halogens is 1. The van der Waals surface area contributed by atoms with Crippen LogP contribution in [0.5, 0.6) is 0 Å². The van der Waals surface area contributed by atoms with Crippen LogP contribution in [0, 0.1) is 5.82 Å². The zero-order valence-corrected chi connectivity index (χ0v) is 23.2. The van der Waals surface area contributed by atoms with Crippen molar-refractivity contribution in [1.82, 2.24) is 23.7 Å². The van der Waals surface area contributed by atoms with Gasteiger partial charge in [0, 0.05) is 49.1 Å². The van der Waals surface area contributed by atoms with E-state index in [0.717, 1.165) is 24.8 Å². The maximum absolute atomic E-state index is 13.8. The maximum Gasteiger partial charge on any atom is 0.243 e. The van der Waals surface area contributed by atoms with Crippen LogP contribution in [0.2, 0.25) is 0 Å². The third-order valence-electron chi connectivity index (χ3n) is 8.13. The lowest BCUT2D eigenvalue weighted by molar-refractivity contribution is -0.0342. The second-order valence-electron chi connectivity index (χ2n) is 10.9. The molecule has 1 atom stereocenters. The number of sulfonamides is 1. The van der Waals surface area contributed by atoms with Gasteiger partial charge in [-0.15, -0.1) is 0 Å². The monoisotopic (exact) mass is 564 g/mol. The number of piperidine rings is 1. The summed E-state index contributed by atoms with van der Waals surface area (Å²) in [5.74, 6) is 0.572. The number of rotatable bonds is 7. The summed E-state index contributed by atoms with van der Waals surface area (Å²) in [6.45, 7) is 4.36. The highest BCUT2D eigenvalue weighted by atomic mass is 32.2. The number of hydrogen-bond donors (Lipinski definition) is 2. The van der Waals surface area contributed by atoms with Crippen molar-refractivity contribution < 1.29 is 17.9 Å². The number of aliphatic hydroxyl groups is 1. The van der Waals surface area contributed by atoms with Crippen molar-refractivity contribution in [1.29, 1.82) is 0 Å². The zero-order chi connectivity index (χ0) is 27.9. The average Bonchev–Trinajstić information content (AvgIpc) is 3.54. The molecule has 2 fully saturated rings. The SMILES string of the molecule is C[C@@H]1CCCN1CC1(O)CCN(S(=O)(=O)c2ccc(Nc3nccc(-n4ccc5ccc(F)cc54)n3)cc2)CC1. The van der Waals surface area contributed by atoms with E-state index < -0.39 is 15.6 Å². The van der Waals surface area contributed by atoms with Gasteiger partial charge in [0.1, 0.15) is 11.6 Å². The molecule has 0 spiro atoms. The van der Waals surface area contributed by atoms with Gasteiger partial charge < -0.3 is 15.0 Å². The number of nitrogens with zero attached hydrogens (tertiary/aromatic N) is 5. The van der Waals surface area contributed by atoms with E-state index in [1.807, 2.05) is 12.3 Å². The Hall–Kier alpha value is -3.38. The number of likely N-dealkylation sites (tertiary alicyclic amines) is 1. The molecule has 6 rings (SSSR count). The summed E-state index contributed by atoms with van der Waals surface area (Å²) in [5, 5.41) is 15.1. The van der Waals surface area contributed by atoms with Gasteiger partial charge in [-0.1, -0.05) is 0 Å². The van der Waals surface area contributed by atoms with Gasteiger partial charge in [-0.3, -0.25) is 4.90 Å². The van der Waals surface area contributed by atoms with E-state index in [0.29, 0.717) is 61.5 Å². The topological polar surface area (TPSA) is 104 Å². The first-order valence-electron chi connectivity index (χ1n) is 13.6. The van der Waals surface area contributed by atoms with E-state index in [2.05, 4.69) is 27.1 Å². The number of anilines is 2. The number of β-amino-alcohol motifs (C(OH)–C–C–N with tert-alkyl or cyclic N) is 1. The van der Waals surface area contributed by atoms with E-state index in [1.54, 1.807) is 47.2 Å². The lowest BCUT2D eigenvalue weighted by atomic mass is 9.91. The fourth-order valence-corrected chi connectivity index (χ4v) is 7.18. The predicted octanol–water partition coefficient (Wildman–Crippen LogP) is 4.30. The fraction of sp³-hybridized carbons (Fsp3) is 0.379. The Morgan fingerprint density at radius 2 is 1.85 bits per heavy atom. The minimum absolute atomic E-state index is 0.201. The Labute approximate surface area is 233 Å². The predicted molar refractivity (Wildman–Crippen MR) is 152 cm³/mol. The van der Waals surface area contributed by atoms with Crippen LogP contribution in [0.3, 0.4) is 0 Å². The summed E-state index contributed by atoms with van der Waals surface area (Å²) < 4.78 is 43.7. The Morgan fingerprint density at radius 1 is 1.07 bits per heavy atom. The van der Waals surface area contributed by atoms with Crippen LogP contribution in [0.15, 0.2) is 71.9 Å². The molecule has 0 aliphatic carbocycles. The lowest BCUT2D eigenvalue weighted by Crippen LogP contribution is -2.52. The van der Waals surface area contributed by atoms with Gasteiger partial charge in [0.15, 0.2) is 0 Å². The summed E-state index contributed by atoms with van der Waals surface area (Å²) in [5.41, 5.74) is 0.474. The first-order chi connectivity index (χ1) is 19.2. The van der Waals surface area contributed by atoms with E-state index in [-0.39, 0.29) is 10.7 Å². The normalized spacial score (nSPS) is 20.2. The van der Waals surface area contributed by atoms with Gasteiger partial charge in [-0.2, -0.15) is 9.29 Å². The van der Waals surface area contributed by atoms with Gasteiger partial charge in [-0.05, 0) is 93.7 Å². The Balaban J connectivity index is 1.12. The number of benzene rings is 2. The summed E-state index contributed by atoms with van der Waals surface area (Å²) in [6, 6.07) is 15.2. The van der Waals surface area contributed by atoms with Crippen molar-refractivity contribution in [2.24, 2.45) is 0 Å². The number of aromatic nitrogens is 3. The second-order valence-corrected chi connectivity index (χ2v) is 12.8. The van der Waals surface area contributed by atoms with Crippen molar-refractivity contribution in [3.05, 3.63) is 72.8 Å². The molecule has 4 aromatic rings. The highest BCUT2D eigenvalue weighted by Crippen LogP contribution is 2.30. The first kappa shape index (κ1) is 26.8.